The zero-order valence-corrected chi connectivity index (χ0v) is 18.2. The van der Waals surface area contributed by atoms with Crippen LogP contribution in [0.5, 0.6) is 5.75 Å². The number of rotatable bonds is 8. The van der Waals surface area contributed by atoms with Crippen molar-refractivity contribution in [3.8, 4) is 5.75 Å². The fraction of sp³-hybridized carbons (Fsp3) is 0.0476. The number of carbonyl (C=O) groups is 1. The van der Waals surface area contributed by atoms with E-state index in [0.717, 1.165) is 9.79 Å². The Morgan fingerprint density at radius 3 is 2.35 bits per heavy atom. The molecule has 0 heterocycles. The number of nitro groups is 1. The summed E-state index contributed by atoms with van der Waals surface area (Å²) < 4.78 is 5.34. The lowest BCUT2D eigenvalue weighted by molar-refractivity contribution is -0.384. The number of nitrogens with zero attached hydrogens (tertiary/aromatic N) is 2. The van der Waals surface area contributed by atoms with Crippen molar-refractivity contribution in [3.63, 3.8) is 0 Å². The van der Waals surface area contributed by atoms with E-state index in [4.69, 9.17) is 27.9 Å². The number of hydrazone groups is 1. The van der Waals surface area contributed by atoms with Gasteiger partial charge in [0.15, 0.2) is 6.61 Å². The summed E-state index contributed by atoms with van der Waals surface area (Å²) in [5.41, 5.74) is 2.74. The zero-order valence-electron chi connectivity index (χ0n) is 15.8. The number of carbonyl (C=O) groups excluding carboxylic acids is 1. The van der Waals surface area contributed by atoms with Gasteiger partial charge in [0.05, 0.1) is 11.1 Å². The van der Waals surface area contributed by atoms with Crippen LogP contribution in [-0.2, 0) is 4.79 Å². The summed E-state index contributed by atoms with van der Waals surface area (Å²) in [4.78, 5) is 24.2. The van der Waals surface area contributed by atoms with E-state index >= 15 is 0 Å². The third-order valence-corrected chi connectivity index (χ3v) is 5.43. The third kappa shape index (κ3) is 6.99. The standard InChI is InChI=1S/C21H15Cl2N3O4S/c22-15-1-6-18(7-2-15)30-13-21(27)25-24-12-14-11-17(26(28)29)5-10-20(14)31-19-8-3-16(23)4-9-19/h1-12H,13H2,(H,25,27)/b24-12+. The maximum absolute atomic E-state index is 12.0. The molecule has 3 aromatic carbocycles. The molecule has 0 aliphatic carbocycles. The van der Waals surface area contributed by atoms with Crippen molar-refractivity contribution in [2.45, 2.75) is 9.79 Å². The molecule has 0 aliphatic heterocycles. The Hall–Kier alpha value is -3.07. The van der Waals surface area contributed by atoms with E-state index < -0.39 is 10.8 Å². The molecule has 3 rings (SSSR count). The molecule has 0 aliphatic rings. The number of ether oxygens (including phenoxy) is 1. The van der Waals surface area contributed by atoms with Crippen molar-refractivity contribution in [3.05, 3.63) is 92.5 Å². The highest BCUT2D eigenvalue weighted by Crippen LogP contribution is 2.32. The summed E-state index contributed by atoms with van der Waals surface area (Å²) in [6.45, 7) is -0.250. The maximum atomic E-state index is 12.0. The van der Waals surface area contributed by atoms with Gasteiger partial charge in [-0.05, 0) is 54.6 Å². The van der Waals surface area contributed by atoms with Crippen LogP contribution in [0.15, 0.2) is 81.6 Å². The van der Waals surface area contributed by atoms with Crippen molar-refractivity contribution in [2.24, 2.45) is 5.10 Å². The van der Waals surface area contributed by atoms with E-state index in [2.05, 4.69) is 10.5 Å². The number of hydrogen-bond donors (Lipinski definition) is 1. The van der Waals surface area contributed by atoms with Crippen LogP contribution in [0.4, 0.5) is 5.69 Å². The first-order chi connectivity index (χ1) is 14.9. The molecule has 0 unspecified atom stereocenters. The van der Waals surface area contributed by atoms with Gasteiger partial charge in [-0.15, -0.1) is 0 Å². The molecule has 1 amide bonds. The fourth-order valence-electron chi connectivity index (χ4n) is 2.36. The van der Waals surface area contributed by atoms with Crippen molar-refractivity contribution in [1.82, 2.24) is 5.43 Å². The van der Waals surface area contributed by atoms with Gasteiger partial charge in [-0.25, -0.2) is 5.43 Å². The van der Waals surface area contributed by atoms with Crippen molar-refractivity contribution >= 4 is 52.8 Å². The van der Waals surface area contributed by atoms with Gasteiger partial charge in [0.25, 0.3) is 11.6 Å². The lowest BCUT2D eigenvalue weighted by Crippen LogP contribution is -2.24. The molecule has 0 bridgehead atoms. The second kappa shape index (κ2) is 10.8. The monoisotopic (exact) mass is 475 g/mol. The predicted molar refractivity (Wildman–Crippen MR) is 121 cm³/mol. The third-order valence-electron chi connectivity index (χ3n) is 3.82. The van der Waals surface area contributed by atoms with Crippen molar-refractivity contribution < 1.29 is 14.5 Å². The molecule has 0 saturated heterocycles. The Bertz CT molecular complexity index is 1110. The molecule has 3 aromatic rings. The van der Waals surface area contributed by atoms with Crippen molar-refractivity contribution in [1.29, 1.82) is 0 Å². The second-order valence-electron chi connectivity index (χ2n) is 6.07. The summed E-state index contributed by atoms with van der Waals surface area (Å²) in [5.74, 6) is 0.00685. The van der Waals surface area contributed by atoms with Gasteiger partial charge in [0.1, 0.15) is 5.75 Å². The Morgan fingerprint density at radius 2 is 1.71 bits per heavy atom. The molecule has 0 atom stereocenters. The van der Waals surface area contributed by atoms with E-state index in [1.807, 2.05) is 12.1 Å². The second-order valence-corrected chi connectivity index (χ2v) is 8.06. The quantitative estimate of drug-likeness (QED) is 0.260. The molecule has 0 radical (unpaired) electrons. The molecule has 0 fully saturated rings. The molecular formula is C21H15Cl2N3O4S. The van der Waals surface area contributed by atoms with E-state index in [0.29, 0.717) is 21.4 Å². The van der Waals surface area contributed by atoms with Crippen LogP contribution < -0.4 is 10.2 Å². The Labute approximate surface area is 192 Å². The minimum atomic E-state index is -0.493. The summed E-state index contributed by atoms with van der Waals surface area (Å²) in [6.07, 6.45) is 1.35. The van der Waals surface area contributed by atoms with Crippen LogP contribution >= 0.6 is 35.0 Å². The fourth-order valence-corrected chi connectivity index (χ4v) is 3.50. The topological polar surface area (TPSA) is 93.8 Å². The first kappa shape index (κ1) is 22.6. The molecule has 31 heavy (non-hydrogen) atoms. The summed E-state index contributed by atoms with van der Waals surface area (Å²) in [6, 6.07) is 18.2. The first-order valence-corrected chi connectivity index (χ1v) is 10.4. The Kier molecular flexibility index (Phi) is 7.88. The van der Waals surface area contributed by atoms with Crippen LogP contribution in [0, 0.1) is 10.1 Å². The molecule has 10 heteroatoms. The van der Waals surface area contributed by atoms with Gasteiger partial charge in [-0.1, -0.05) is 35.0 Å². The maximum Gasteiger partial charge on any atom is 0.277 e. The van der Waals surface area contributed by atoms with E-state index in [-0.39, 0.29) is 12.3 Å². The lowest BCUT2D eigenvalue weighted by atomic mass is 10.2. The number of hydrogen-bond acceptors (Lipinski definition) is 6. The van der Waals surface area contributed by atoms with Crippen LogP contribution in [0.3, 0.4) is 0 Å². The van der Waals surface area contributed by atoms with E-state index in [1.165, 1.54) is 30.1 Å². The molecule has 7 nitrogen and oxygen atoms in total. The number of benzene rings is 3. The molecular weight excluding hydrogens is 461 g/mol. The van der Waals surface area contributed by atoms with Crippen LogP contribution in [0.25, 0.3) is 0 Å². The largest absolute Gasteiger partial charge is 0.484 e. The number of amides is 1. The lowest BCUT2D eigenvalue weighted by Gasteiger charge is -2.07. The minimum Gasteiger partial charge on any atom is -0.484 e. The normalized spacial score (nSPS) is 10.8. The Balaban J connectivity index is 1.67. The summed E-state index contributed by atoms with van der Waals surface area (Å²) >= 11 is 13.1. The zero-order chi connectivity index (χ0) is 22.2. The number of nitro benzene ring substituents is 1. The van der Waals surface area contributed by atoms with Gasteiger partial charge in [-0.3, -0.25) is 14.9 Å². The van der Waals surface area contributed by atoms with Gasteiger partial charge in [-0.2, -0.15) is 5.10 Å². The van der Waals surface area contributed by atoms with Crippen molar-refractivity contribution in [2.75, 3.05) is 6.61 Å². The molecule has 0 saturated carbocycles. The highest BCUT2D eigenvalue weighted by atomic mass is 35.5. The highest BCUT2D eigenvalue weighted by molar-refractivity contribution is 7.99. The molecule has 1 N–H and O–H groups in total. The molecule has 158 valence electrons. The molecule has 0 spiro atoms. The van der Waals surface area contributed by atoms with E-state index in [1.54, 1.807) is 42.5 Å². The van der Waals surface area contributed by atoms with Gasteiger partial charge in [0.2, 0.25) is 0 Å². The average molecular weight is 476 g/mol. The summed E-state index contributed by atoms with van der Waals surface area (Å²) in [7, 11) is 0. The highest BCUT2D eigenvalue weighted by Gasteiger charge is 2.11. The van der Waals surface area contributed by atoms with Gasteiger partial charge < -0.3 is 4.74 Å². The van der Waals surface area contributed by atoms with Gasteiger partial charge in [0, 0.05) is 37.5 Å². The first-order valence-electron chi connectivity index (χ1n) is 8.83. The average Bonchev–Trinajstić information content (AvgIpc) is 2.76. The molecule has 0 aromatic heterocycles. The van der Waals surface area contributed by atoms with E-state index in [9.17, 15) is 14.9 Å². The SMILES string of the molecule is O=C(COc1ccc(Cl)cc1)N/N=C/c1cc([N+](=O)[O-])ccc1Sc1ccc(Cl)cc1. The number of halogens is 2. The Morgan fingerprint density at radius 1 is 1.06 bits per heavy atom. The van der Waals surface area contributed by atoms with Crippen LogP contribution in [-0.4, -0.2) is 23.7 Å². The number of nitrogens with one attached hydrogen (secondary N) is 1. The van der Waals surface area contributed by atoms with Gasteiger partial charge >= 0.3 is 0 Å². The van der Waals surface area contributed by atoms with Crippen LogP contribution in [0.1, 0.15) is 5.56 Å². The summed E-state index contributed by atoms with van der Waals surface area (Å²) in [5, 5.41) is 16.2. The predicted octanol–water partition coefficient (Wildman–Crippen LogP) is 5.58. The number of non-ortho nitro benzene ring substituents is 1. The smallest absolute Gasteiger partial charge is 0.277 e. The van der Waals surface area contributed by atoms with Crippen LogP contribution in [0.2, 0.25) is 10.0 Å². The minimum absolute atomic E-state index is 0.0840.